The Balaban J connectivity index is 2.00. The lowest BCUT2D eigenvalue weighted by molar-refractivity contribution is -0.133. The molecular weight excluding hydrogens is 346 g/mol. The van der Waals surface area contributed by atoms with Gasteiger partial charge in [-0.1, -0.05) is 30.0 Å². The zero-order valence-corrected chi connectivity index (χ0v) is 14.2. The number of nitrogen functional groups attached to an aromatic ring is 1. The van der Waals surface area contributed by atoms with Gasteiger partial charge >= 0.3 is 5.97 Å². The van der Waals surface area contributed by atoms with E-state index in [-0.39, 0.29) is 35.4 Å². The molecular formula is C15H17N5O4S. The lowest BCUT2D eigenvalue weighted by Crippen LogP contribution is -2.34. The van der Waals surface area contributed by atoms with Crippen molar-refractivity contribution in [3.63, 3.8) is 0 Å². The quantitative estimate of drug-likeness (QED) is 0.474. The van der Waals surface area contributed by atoms with Crippen molar-refractivity contribution in [3.05, 3.63) is 45.9 Å². The van der Waals surface area contributed by atoms with Crippen molar-refractivity contribution in [2.75, 3.05) is 16.9 Å². The first-order valence-corrected chi connectivity index (χ1v) is 8.31. The first-order valence-electron chi connectivity index (χ1n) is 7.32. The SMILES string of the molecule is Cc1ccccc1NC(=O)CCc1nnc(SCC(=O)O)n(N)c1=O. The van der Waals surface area contributed by atoms with Gasteiger partial charge in [-0.25, -0.2) is 0 Å². The summed E-state index contributed by atoms with van der Waals surface area (Å²) < 4.78 is 0.745. The number of carboxylic acids is 1. The van der Waals surface area contributed by atoms with Gasteiger partial charge in [0.1, 0.15) is 5.69 Å². The van der Waals surface area contributed by atoms with Crippen LogP contribution < -0.4 is 16.7 Å². The molecule has 0 saturated carbocycles. The molecule has 132 valence electrons. The number of carbonyl (C=O) groups is 2. The first-order chi connectivity index (χ1) is 11.9. The van der Waals surface area contributed by atoms with Crippen molar-refractivity contribution in [2.24, 2.45) is 0 Å². The summed E-state index contributed by atoms with van der Waals surface area (Å²) in [5.74, 6) is 4.00. The van der Waals surface area contributed by atoms with Crippen LogP contribution in [-0.4, -0.2) is 37.6 Å². The van der Waals surface area contributed by atoms with Gasteiger partial charge < -0.3 is 16.3 Å². The molecule has 1 amide bonds. The predicted molar refractivity (Wildman–Crippen MR) is 92.9 cm³/mol. The number of nitrogens with one attached hydrogen (secondary N) is 1. The number of hydrogen-bond acceptors (Lipinski definition) is 7. The maximum absolute atomic E-state index is 12.1. The molecule has 0 aliphatic rings. The van der Waals surface area contributed by atoms with Gasteiger partial charge in [-0.2, -0.15) is 4.68 Å². The molecule has 0 spiro atoms. The number of rotatable bonds is 7. The summed E-state index contributed by atoms with van der Waals surface area (Å²) in [4.78, 5) is 34.7. The number of para-hydroxylation sites is 1. The molecule has 9 nitrogen and oxygen atoms in total. The van der Waals surface area contributed by atoms with E-state index in [9.17, 15) is 14.4 Å². The average molecular weight is 363 g/mol. The fraction of sp³-hybridized carbons (Fsp3) is 0.267. The van der Waals surface area contributed by atoms with Crippen molar-refractivity contribution < 1.29 is 14.7 Å². The molecule has 0 unspecified atom stereocenters. The summed E-state index contributed by atoms with van der Waals surface area (Å²) in [5.41, 5.74) is 1.07. The summed E-state index contributed by atoms with van der Waals surface area (Å²) in [7, 11) is 0. The number of amides is 1. The van der Waals surface area contributed by atoms with Crippen LogP contribution >= 0.6 is 11.8 Å². The zero-order valence-electron chi connectivity index (χ0n) is 13.4. The van der Waals surface area contributed by atoms with Crippen LogP contribution in [-0.2, 0) is 16.0 Å². The second kappa shape index (κ2) is 8.29. The van der Waals surface area contributed by atoms with Gasteiger partial charge in [0.2, 0.25) is 11.1 Å². The molecule has 0 aliphatic carbocycles. The number of nitrogens with zero attached hydrogens (tertiary/aromatic N) is 3. The van der Waals surface area contributed by atoms with E-state index < -0.39 is 11.5 Å². The Morgan fingerprint density at radius 2 is 2.04 bits per heavy atom. The number of hydrogen-bond donors (Lipinski definition) is 3. The molecule has 2 rings (SSSR count). The smallest absolute Gasteiger partial charge is 0.313 e. The maximum Gasteiger partial charge on any atom is 0.313 e. The molecule has 0 radical (unpaired) electrons. The minimum atomic E-state index is -1.06. The van der Waals surface area contributed by atoms with Gasteiger partial charge in [0.25, 0.3) is 5.56 Å². The van der Waals surface area contributed by atoms with Crippen LogP contribution in [0.25, 0.3) is 0 Å². The summed E-state index contributed by atoms with van der Waals surface area (Å²) in [6.45, 7) is 1.88. The van der Waals surface area contributed by atoms with Gasteiger partial charge in [0.15, 0.2) is 0 Å². The van der Waals surface area contributed by atoms with E-state index in [0.29, 0.717) is 5.69 Å². The number of anilines is 1. The van der Waals surface area contributed by atoms with Crippen molar-refractivity contribution in [1.82, 2.24) is 14.9 Å². The van der Waals surface area contributed by atoms with Gasteiger partial charge in [-0.3, -0.25) is 14.4 Å². The van der Waals surface area contributed by atoms with Crippen LogP contribution in [0.1, 0.15) is 17.7 Å². The van der Waals surface area contributed by atoms with Crippen molar-refractivity contribution in [3.8, 4) is 0 Å². The fourth-order valence-corrected chi connectivity index (χ4v) is 2.53. The van der Waals surface area contributed by atoms with Crippen LogP contribution in [0, 0.1) is 6.92 Å². The van der Waals surface area contributed by atoms with E-state index in [4.69, 9.17) is 10.9 Å². The molecule has 0 saturated heterocycles. The third kappa shape index (κ3) is 5.05. The van der Waals surface area contributed by atoms with E-state index in [1.54, 1.807) is 6.07 Å². The first kappa shape index (κ1) is 18.5. The van der Waals surface area contributed by atoms with Crippen LogP contribution in [0.2, 0.25) is 0 Å². The summed E-state index contributed by atoms with van der Waals surface area (Å²) in [5, 5.41) is 18.9. The van der Waals surface area contributed by atoms with Gasteiger partial charge in [-0.15, -0.1) is 10.2 Å². The van der Waals surface area contributed by atoms with Crippen LogP contribution in [0.15, 0.2) is 34.2 Å². The lowest BCUT2D eigenvalue weighted by Gasteiger charge is -2.08. The predicted octanol–water partition coefficient (Wildman–Crippen LogP) is 0.409. The normalized spacial score (nSPS) is 10.4. The van der Waals surface area contributed by atoms with E-state index in [1.165, 1.54) is 0 Å². The second-order valence-corrected chi connectivity index (χ2v) is 6.09. The Morgan fingerprint density at radius 1 is 1.32 bits per heavy atom. The molecule has 0 fully saturated rings. The highest BCUT2D eigenvalue weighted by Crippen LogP contribution is 2.14. The van der Waals surface area contributed by atoms with Gasteiger partial charge in [0.05, 0.1) is 5.75 Å². The monoisotopic (exact) mass is 363 g/mol. The minimum absolute atomic E-state index is 0.000474. The number of carbonyl (C=O) groups excluding carboxylic acids is 1. The average Bonchev–Trinajstić information content (AvgIpc) is 2.57. The highest BCUT2D eigenvalue weighted by Gasteiger charge is 2.13. The Hall–Kier alpha value is -2.88. The number of benzene rings is 1. The van der Waals surface area contributed by atoms with E-state index in [1.807, 2.05) is 25.1 Å². The standard InChI is InChI=1S/C15H17N5O4S/c1-9-4-2-3-5-10(9)17-12(21)7-6-11-14(24)20(16)15(19-18-11)25-8-13(22)23/h2-5H,6-8,16H2,1H3,(H,17,21)(H,22,23). The third-order valence-electron chi connectivity index (χ3n) is 3.26. The fourth-order valence-electron chi connectivity index (χ4n) is 1.96. The molecule has 0 aliphatic heterocycles. The number of nitrogens with two attached hydrogens (primary N) is 1. The van der Waals surface area contributed by atoms with Gasteiger partial charge in [0, 0.05) is 18.5 Å². The van der Waals surface area contributed by atoms with Crippen molar-refractivity contribution >= 4 is 29.3 Å². The second-order valence-electron chi connectivity index (χ2n) is 5.15. The number of carboxylic acid groups (broad SMARTS) is 1. The van der Waals surface area contributed by atoms with Crippen molar-refractivity contribution in [2.45, 2.75) is 24.9 Å². The molecule has 2 aromatic rings. The molecule has 1 aromatic heterocycles. The zero-order chi connectivity index (χ0) is 18.4. The van der Waals surface area contributed by atoms with E-state index >= 15 is 0 Å². The highest BCUT2D eigenvalue weighted by atomic mass is 32.2. The van der Waals surface area contributed by atoms with Gasteiger partial charge in [-0.05, 0) is 18.6 Å². The number of thioether (sulfide) groups is 1. The number of aliphatic carboxylic acids is 1. The number of aryl methyl sites for hydroxylation is 2. The van der Waals surface area contributed by atoms with Crippen LogP contribution in [0.5, 0.6) is 0 Å². The van der Waals surface area contributed by atoms with E-state index in [0.717, 1.165) is 22.0 Å². The minimum Gasteiger partial charge on any atom is -0.481 e. The molecule has 4 N–H and O–H groups in total. The number of aromatic nitrogens is 3. The Kier molecular flexibility index (Phi) is 6.12. The van der Waals surface area contributed by atoms with Crippen LogP contribution in [0.3, 0.4) is 0 Å². The molecule has 10 heteroatoms. The highest BCUT2D eigenvalue weighted by molar-refractivity contribution is 7.99. The Bertz CT molecular complexity index is 852. The summed E-state index contributed by atoms with van der Waals surface area (Å²) in [6.07, 6.45) is 0.116. The third-order valence-corrected chi connectivity index (χ3v) is 4.19. The molecule has 1 heterocycles. The molecule has 0 atom stereocenters. The molecule has 0 bridgehead atoms. The lowest BCUT2D eigenvalue weighted by atomic mass is 10.2. The topological polar surface area (TPSA) is 140 Å². The van der Waals surface area contributed by atoms with E-state index in [2.05, 4.69) is 15.5 Å². The van der Waals surface area contributed by atoms with Crippen molar-refractivity contribution in [1.29, 1.82) is 0 Å². The summed E-state index contributed by atoms with van der Waals surface area (Å²) in [6, 6.07) is 7.35. The maximum atomic E-state index is 12.1. The molecule has 25 heavy (non-hydrogen) atoms. The molecule has 1 aromatic carbocycles. The Labute approximate surface area is 147 Å². The largest absolute Gasteiger partial charge is 0.481 e. The summed E-state index contributed by atoms with van der Waals surface area (Å²) >= 11 is 0.791. The Morgan fingerprint density at radius 3 is 2.72 bits per heavy atom. The van der Waals surface area contributed by atoms with Crippen LogP contribution in [0.4, 0.5) is 5.69 Å².